The van der Waals surface area contributed by atoms with E-state index in [-0.39, 0.29) is 12.5 Å². The third kappa shape index (κ3) is 6.28. The number of rotatable bonds is 6. The van der Waals surface area contributed by atoms with E-state index in [9.17, 15) is 0 Å². The van der Waals surface area contributed by atoms with E-state index in [1.54, 1.807) is 0 Å². The van der Waals surface area contributed by atoms with Crippen molar-refractivity contribution in [3.05, 3.63) is 0 Å². The van der Waals surface area contributed by atoms with Crippen LogP contribution in [-0.4, -0.2) is 25.5 Å². The van der Waals surface area contributed by atoms with Gasteiger partial charge in [0.25, 0.3) is 0 Å². The summed E-state index contributed by atoms with van der Waals surface area (Å²) in [4.78, 5) is 0. The van der Waals surface area contributed by atoms with Crippen molar-refractivity contribution in [3.8, 4) is 0 Å². The molecule has 0 aromatic heterocycles. The van der Waals surface area contributed by atoms with Crippen LogP contribution in [0.4, 0.5) is 0 Å². The van der Waals surface area contributed by atoms with Gasteiger partial charge in [-0.25, -0.2) is 0 Å². The average molecular weight is 160 g/mol. The van der Waals surface area contributed by atoms with Crippen molar-refractivity contribution in [2.75, 3.05) is 13.1 Å². The second-order valence-electron chi connectivity index (χ2n) is 2.54. The lowest BCUT2D eigenvalue weighted by molar-refractivity contribution is -0.0250. The summed E-state index contributed by atoms with van der Waals surface area (Å²) in [5.74, 6) is 0. The van der Waals surface area contributed by atoms with E-state index >= 15 is 0 Å². The lowest BCUT2D eigenvalue weighted by Crippen LogP contribution is -2.37. The second-order valence-corrected chi connectivity index (χ2v) is 2.54. The molecule has 0 aromatic rings. The highest BCUT2D eigenvalue weighted by Crippen LogP contribution is 1.90. The fourth-order valence-corrected chi connectivity index (χ4v) is 0.977. The van der Waals surface area contributed by atoms with Gasteiger partial charge in [-0.15, -0.1) is 0 Å². The van der Waals surface area contributed by atoms with Gasteiger partial charge in [0.15, 0.2) is 0 Å². The first-order valence-electron chi connectivity index (χ1n) is 4.32. The summed E-state index contributed by atoms with van der Waals surface area (Å²) in [7, 11) is 0. The summed E-state index contributed by atoms with van der Waals surface area (Å²) in [6.07, 6.45) is 0.267. The van der Waals surface area contributed by atoms with Crippen LogP contribution < -0.4 is 10.6 Å². The van der Waals surface area contributed by atoms with E-state index in [1.165, 1.54) is 0 Å². The molecule has 0 saturated heterocycles. The zero-order chi connectivity index (χ0) is 8.69. The molecule has 0 aliphatic carbocycles. The normalized spacial score (nSPS) is 16.4. The Morgan fingerprint density at radius 2 is 1.36 bits per heavy atom. The van der Waals surface area contributed by atoms with E-state index in [0.717, 1.165) is 13.1 Å². The fraction of sp³-hybridized carbons (Fsp3) is 1.00. The SMILES string of the molecule is CCNC(C)OC(C)NCC. The topological polar surface area (TPSA) is 33.3 Å². The van der Waals surface area contributed by atoms with Gasteiger partial charge < -0.3 is 4.74 Å². The zero-order valence-electron chi connectivity index (χ0n) is 7.98. The molecule has 0 aliphatic heterocycles. The van der Waals surface area contributed by atoms with Gasteiger partial charge in [0, 0.05) is 0 Å². The quantitative estimate of drug-likeness (QED) is 0.567. The molecular weight excluding hydrogens is 140 g/mol. The molecule has 11 heavy (non-hydrogen) atoms. The van der Waals surface area contributed by atoms with Crippen LogP contribution in [0.2, 0.25) is 0 Å². The molecule has 3 nitrogen and oxygen atoms in total. The van der Waals surface area contributed by atoms with Crippen molar-refractivity contribution in [2.24, 2.45) is 0 Å². The molecule has 0 rings (SSSR count). The predicted molar refractivity (Wildman–Crippen MR) is 47.4 cm³/mol. The Hall–Kier alpha value is -0.120. The summed E-state index contributed by atoms with van der Waals surface area (Å²) < 4.78 is 5.51. The summed E-state index contributed by atoms with van der Waals surface area (Å²) in [6, 6.07) is 0. The van der Waals surface area contributed by atoms with Crippen LogP contribution in [0.25, 0.3) is 0 Å². The largest absolute Gasteiger partial charge is 0.346 e. The summed E-state index contributed by atoms with van der Waals surface area (Å²) in [5.41, 5.74) is 0. The van der Waals surface area contributed by atoms with Gasteiger partial charge >= 0.3 is 0 Å². The Bertz CT molecular complexity index is 78.2. The van der Waals surface area contributed by atoms with Crippen LogP contribution in [0.5, 0.6) is 0 Å². The molecule has 0 spiro atoms. The van der Waals surface area contributed by atoms with E-state index in [0.29, 0.717) is 0 Å². The first kappa shape index (κ1) is 10.9. The molecule has 0 aliphatic rings. The molecule has 0 amide bonds. The standard InChI is InChI=1S/C8H20N2O/c1-5-9-7(3)11-8(4)10-6-2/h7-10H,5-6H2,1-4H3. The van der Waals surface area contributed by atoms with Gasteiger partial charge in [0.2, 0.25) is 0 Å². The van der Waals surface area contributed by atoms with Gasteiger partial charge in [-0.3, -0.25) is 10.6 Å². The fourth-order valence-electron chi connectivity index (χ4n) is 0.977. The third-order valence-corrected chi connectivity index (χ3v) is 1.39. The van der Waals surface area contributed by atoms with Crippen molar-refractivity contribution in [1.29, 1.82) is 0 Å². The number of hydrogen-bond acceptors (Lipinski definition) is 3. The third-order valence-electron chi connectivity index (χ3n) is 1.39. The Balaban J connectivity index is 3.32. The monoisotopic (exact) mass is 160 g/mol. The maximum atomic E-state index is 5.51. The highest BCUT2D eigenvalue weighted by atomic mass is 16.5. The Kier molecular flexibility index (Phi) is 6.51. The Morgan fingerprint density at radius 1 is 1.00 bits per heavy atom. The molecule has 2 N–H and O–H groups in total. The number of nitrogens with one attached hydrogen (secondary N) is 2. The highest BCUT2D eigenvalue weighted by molar-refractivity contribution is 4.49. The molecule has 0 radical (unpaired) electrons. The summed E-state index contributed by atoms with van der Waals surface area (Å²) >= 11 is 0. The highest BCUT2D eigenvalue weighted by Gasteiger charge is 2.04. The van der Waals surface area contributed by atoms with Crippen LogP contribution in [0.3, 0.4) is 0 Å². The second kappa shape index (κ2) is 6.58. The van der Waals surface area contributed by atoms with E-state index in [2.05, 4.69) is 24.5 Å². The molecule has 68 valence electrons. The smallest absolute Gasteiger partial charge is 0.107 e. The molecule has 0 saturated carbocycles. The van der Waals surface area contributed by atoms with Gasteiger partial charge in [0.05, 0.1) is 0 Å². The maximum Gasteiger partial charge on any atom is 0.107 e. The van der Waals surface area contributed by atoms with Gasteiger partial charge in [0.1, 0.15) is 12.5 Å². The van der Waals surface area contributed by atoms with Crippen LogP contribution in [0.15, 0.2) is 0 Å². The van der Waals surface area contributed by atoms with E-state index in [1.807, 2.05) is 13.8 Å². The van der Waals surface area contributed by atoms with Crippen molar-refractivity contribution in [3.63, 3.8) is 0 Å². The van der Waals surface area contributed by atoms with Crippen molar-refractivity contribution < 1.29 is 4.74 Å². The Morgan fingerprint density at radius 3 is 1.64 bits per heavy atom. The van der Waals surface area contributed by atoms with E-state index < -0.39 is 0 Å². The number of hydrogen-bond donors (Lipinski definition) is 2. The molecule has 0 bridgehead atoms. The van der Waals surface area contributed by atoms with Gasteiger partial charge in [-0.05, 0) is 26.9 Å². The number of ether oxygens (including phenoxy) is 1. The molecule has 2 unspecified atom stereocenters. The first-order valence-corrected chi connectivity index (χ1v) is 4.32. The average Bonchev–Trinajstić information content (AvgIpc) is 1.87. The molecule has 0 heterocycles. The van der Waals surface area contributed by atoms with Crippen molar-refractivity contribution >= 4 is 0 Å². The molecule has 0 aromatic carbocycles. The van der Waals surface area contributed by atoms with Crippen molar-refractivity contribution in [1.82, 2.24) is 10.6 Å². The minimum atomic E-state index is 0.133. The summed E-state index contributed by atoms with van der Waals surface area (Å²) in [5, 5.41) is 6.35. The molecule has 2 atom stereocenters. The van der Waals surface area contributed by atoms with Gasteiger partial charge in [-0.1, -0.05) is 13.8 Å². The molecule has 0 fully saturated rings. The van der Waals surface area contributed by atoms with Crippen LogP contribution in [0, 0.1) is 0 Å². The summed E-state index contributed by atoms with van der Waals surface area (Å²) in [6.45, 7) is 10.0. The molecule has 3 heteroatoms. The van der Waals surface area contributed by atoms with Crippen LogP contribution >= 0.6 is 0 Å². The Labute approximate surface area is 69.5 Å². The lowest BCUT2D eigenvalue weighted by atomic mass is 10.5. The van der Waals surface area contributed by atoms with Crippen LogP contribution in [0.1, 0.15) is 27.7 Å². The minimum absolute atomic E-state index is 0.133. The zero-order valence-corrected chi connectivity index (χ0v) is 7.98. The van der Waals surface area contributed by atoms with E-state index in [4.69, 9.17) is 4.74 Å². The maximum absolute atomic E-state index is 5.51. The lowest BCUT2D eigenvalue weighted by Gasteiger charge is -2.19. The first-order chi connectivity index (χ1) is 5.20. The predicted octanol–water partition coefficient (Wildman–Crippen LogP) is 0.914. The van der Waals surface area contributed by atoms with Crippen molar-refractivity contribution in [2.45, 2.75) is 40.2 Å². The van der Waals surface area contributed by atoms with Gasteiger partial charge in [-0.2, -0.15) is 0 Å². The van der Waals surface area contributed by atoms with Crippen LogP contribution in [-0.2, 0) is 4.74 Å². The minimum Gasteiger partial charge on any atom is -0.346 e. The molecular formula is C8H20N2O.